The molecule has 5 nitrogen and oxygen atoms in total. The molecule has 1 aromatic heterocycles. The molecular formula is C27H25N3O2. The van der Waals surface area contributed by atoms with Crippen LogP contribution in [0.15, 0.2) is 72.8 Å². The van der Waals surface area contributed by atoms with Crippen molar-refractivity contribution in [3.63, 3.8) is 0 Å². The molecule has 4 aromatic rings. The first-order valence-corrected chi connectivity index (χ1v) is 11.2. The van der Waals surface area contributed by atoms with Gasteiger partial charge in [-0.05, 0) is 55.3 Å². The van der Waals surface area contributed by atoms with E-state index in [1.54, 1.807) is 0 Å². The first-order chi connectivity index (χ1) is 15.7. The average Bonchev–Trinajstić information content (AvgIpc) is 3.28. The minimum atomic E-state index is -0.0123. The highest BCUT2D eigenvalue weighted by Gasteiger charge is 2.21. The van der Waals surface area contributed by atoms with Gasteiger partial charge in [0.2, 0.25) is 5.91 Å². The Morgan fingerprint density at radius 1 is 0.844 bits per heavy atom. The van der Waals surface area contributed by atoms with Crippen molar-refractivity contribution in [1.29, 1.82) is 0 Å². The van der Waals surface area contributed by atoms with Gasteiger partial charge in [-0.25, -0.2) is 4.98 Å². The smallest absolute Gasteiger partial charge is 0.227 e. The second kappa shape index (κ2) is 8.79. The van der Waals surface area contributed by atoms with Gasteiger partial charge >= 0.3 is 0 Å². The van der Waals surface area contributed by atoms with Crippen LogP contribution in [0, 0.1) is 5.92 Å². The van der Waals surface area contributed by atoms with E-state index in [0.717, 1.165) is 53.8 Å². The van der Waals surface area contributed by atoms with E-state index in [1.165, 1.54) is 6.42 Å². The Kier molecular flexibility index (Phi) is 5.55. The van der Waals surface area contributed by atoms with Gasteiger partial charge in [0.1, 0.15) is 5.82 Å². The van der Waals surface area contributed by atoms with Gasteiger partial charge in [0.05, 0.1) is 11.0 Å². The van der Waals surface area contributed by atoms with Crippen LogP contribution in [-0.2, 0) is 4.79 Å². The van der Waals surface area contributed by atoms with E-state index in [4.69, 9.17) is 0 Å². The highest BCUT2D eigenvalue weighted by molar-refractivity contribution is 6.10. The molecule has 1 saturated carbocycles. The van der Waals surface area contributed by atoms with Gasteiger partial charge in [-0.15, -0.1) is 0 Å². The van der Waals surface area contributed by atoms with Gasteiger partial charge in [-0.2, -0.15) is 0 Å². The predicted octanol–water partition coefficient (Wildman–Crippen LogP) is 5.98. The van der Waals surface area contributed by atoms with Crippen molar-refractivity contribution in [1.82, 2.24) is 9.97 Å². The molecule has 1 fully saturated rings. The molecule has 32 heavy (non-hydrogen) atoms. The number of hydrogen-bond donors (Lipinski definition) is 2. The number of carbonyl (C=O) groups is 2. The minimum absolute atomic E-state index is 0.0123. The summed E-state index contributed by atoms with van der Waals surface area (Å²) in [4.78, 5) is 33.2. The number of benzene rings is 3. The number of nitrogens with zero attached hydrogens (tertiary/aromatic N) is 1. The monoisotopic (exact) mass is 423 g/mol. The number of carbonyl (C=O) groups excluding carboxylic acids is 2. The zero-order valence-electron chi connectivity index (χ0n) is 17.8. The van der Waals surface area contributed by atoms with E-state index in [2.05, 4.69) is 15.3 Å². The fourth-order valence-electron chi connectivity index (χ4n) is 4.36. The third-order valence-electron chi connectivity index (χ3n) is 6.18. The highest BCUT2D eigenvalue weighted by Crippen LogP contribution is 2.26. The molecule has 1 heterocycles. The van der Waals surface area contributed by atoms with Crippen molar-refractivity contribution in [2.24, 2.45) is 5.92 Å². The lowest BCUT2D eigenvalue weighted by Crippen LogP contribution is -2.24. The van der Waals surface area contributed by atoms with Crippen LogP contribution >= 0.6 is 0 Å². The van der Waals surface area contributed by atoms with Gasteiger partial charge in [-0.1, -0.05) is 49.6 Å². The molecule has 0 aliphatic heterocycles. The molecule has 1 aliphatic rings. The van der Waals surface area contributed by atoms with E-state index < -0.39 is 0 Å². The maximum Gasteiger partial charge on any atom is 0.227 e. The Morgan fingerprint density at radius 2 is 1.59 bits per heavy atom. The Bertz CT molecular complexity index is 1250. The van der Waals surface area contributed by atoms with Gasteiger partial charge in [0, 0.05) is 28.3 Å². The van der Waals surface area contributed by atoms with E-state index in [9.17, 15) is 9.59 Å². The molecule has 3 aromatic carbocycles. The third-order valence-corrected chi connectivity index (χ3v) is 6.18. The first kappa shape index (κ1) is 20.2. The number of hydrogen-bond acceptors (Lipinski definition) is 3. The molecule has 0 atom stereocenters. The number of imidazole rings is 1. The quantitative estimate of drug-likeness (QED) is 0.388. The topological polar surface area (TPSA) is 74.8 Å². The summed E-state index contributed by atoms with van der Waals surface area (Å²) < 4.78 is 0. The molecule has 0 radical (unpaired) electrons. The number of aromatic amines is 1. The summed E-state index contributed by atoms with van der Waals surface area (Å²) in [6.45, 7) is 0. The fraction of sp³-hybridized carbons (Fsp3) is 0.222. The van der Waals surface area contributed by atoms with Gasteiger partial charge < -0.3 is 10.3 Å². The molecule has 1 amide bonds. The number of amides is 1. The largest absolute Gasteiger partial charge is 0.338 e. The van der Waals surface area contributed by atoms with E-state index in [1.807, 2.05) is 72.8 Å². The lowest BCUT2D eigenvalue weighted by atomic mass is 9.88. The molecule has 0 spiro atoms. The number of anilines is 1. The standard InChI is InChI=1S/C27H25N3O2/c31-25(18-7-3-1-4-8-18)21-13-16-23-24(17-21)30-26(29-23)19-11-14-22(15-12-19)28-27(32)20-9-5-2-6-10-20/h1,3-4,7-8,11-17,20H,2,5-6,9-10H2,(H,28,32)(H,29,30). The summed E-state index contributed by atoms with van der Waals surface area (Å²) in [5.74, 6) is 0.972. The lowest BCUT2D eigenvalue weighted by molar-refractivity contribution is -0.120. The van der Waals surface area contributed by atoms with Crippen LogP contribution in [-0.4, -0.2) is 21.7 Å². The molecule has 160 valence electrons. The van der Waals surface area contributed by atoms with Crippen LogP contribution < -0.4 is 5.32 Å². The maximum atomic E-state index is 12.7. The summed E-state index contributed by atoms with van der Waals surface area (Å²) in [5, 5.41) is 3.05. The van der Waals surface area contributed by atoms with Crippen LogP contribution in [0.25, 0.3) is 22.4 Å². The summed E-state index contributed by atoms with van der Waals surface area (Å²) in [6.07, 6.45) is 5.48. The summed E-state index contributed by atoms with van der Waals surface area (Å²) >= 11 is 0. The molecule has 2 N–H and O–H groups in total. The number of ketones is 1. The van der Waals surface area contributed by atoms with Crippen molar-refractivity contribution >= 4 is 28.4 Å². The van der Waals surface area contributed by atoms with Crippen LogP contribution in [0.2, 0.25) is 0 Å². The molecule has 1 aliphatic carbocycles. The zero-order valence-corrected chi connectivity index (χ0v) is 17.8. The second-order valence-electron chi connectivity index (χ2n) is 8.41. The highest BCUT2D eigenvalue weighted by atomic mass is 16.2. The lowest BCUT2D eigenvalue weighted by Gasteiger charge is -2.20. The molecule has 0 saturated heterocycles. The fourth-order valence-corrected chi connectivity index (χ4v) is 4.36. The van der Waals surface area contributed by atoms with Crippen molar-refractivity contribution in [2.75, 3.05) is 5.32 Å². The van der Waals surface area contributed by atoms with E-state index in [-0.39, 0.29) is 17.6 Å². The Hall–Kier alpha value is -3.73. The Labute approximate surface area is 186 Å². The molecule has 5 rings (SSSR count). The van der Waals surface area contributed by atoms with Crippen LogP contribution in [0.5, 0.6) is 0 Å². The van der Waals surface area contributed by atoms with Crippen molar-refractivity contribution in [2.45, 2.75) is 32.1 Å². The number of aromatic nitrogens is 2. The summed E-state index contributed by atoms with van der Waals surface area (Å²) in [6, 6.07) is 22.5. The maximum absolute atomic E-state index is 12.7. The normalized spacial score (nSPS) is 14.4. The Balaban J connectivity index is 1.33. The minimum Gasteiger partial charge on any atom is -0.338 e. The number of fused-ring (bicyclic) bond motifs is 1. The van der Waals surface area contributed by atoms with E-state index in [0.29, 0.717) is 11.1 Å². The van der Waals surface area contributed by atoms with Crippen LogP contribution in [0.4, 0.5) is 5.69 Å². The number of H-pyrrole nitrogens is 1. The second-order valence-corrected chi connectivity index (χ2v) is 8.41. The number of rotatable bonds is 5. The van der Waals surface area contributed by atoms with Crippen molar-refractivity contribution < 1.29 is 9.59 Å². The Morgan fingerprint density at radius 3 is 2.34 bits per heavy atom. The predicted molar refractivity (Wildman–Crippen MR) is 127 cm³/mol. The molecule has 5 heteroatoms. The van der Waals surface area contributed by atoms with Crippen LogP contribution in [0.1, 0.15) is 48.0 Å². The van der Waals surface area contributed by atoms with Gasteiger partial charge in [0.25, 0.3) is 0 Å². The van der Waals surface area contributed by atoms with Gasteiger partial charge in [0.15, 0.2) is 5.78 Å². The summed E-state index contributed by atoms with van der Waals surface area (Å²) in [5.41, 5.74) is 4.64. The van der Waals surface area contributed by atoms with Crippen molar-refractivity contribution in [3.05, 3.63) is 83.9 Å². The summed E-state index contributed by atoms with van der Waals surface area (Å²) in [7, 11) is 0. The molecule has 0 bridgehead atoms. The zero-order chi connectivity index (χ0) is 21.9. The molecular weight excluding hydrogens is 398 g/mol. The van der Waals surface area contributed by atoms with Crippen molar-refractivity contribution in [3.8, 4) is 11.4 Å². The molecule has 0 unspecified atom stereocenters. The first-order valence-electron chi connectivity index (χ1n) is 11.2. The van der Waals surface area contributed by atoms with Crippen LogP contribution in [0.3, 0.4) is 0 Å². The SMILES string of the molecule is O=C(c1ccccc1)c1ccc2nc(-c3ccc(NC(=O)C4CCCCC4)cc3)[nH]c2c1. The average molecular weight is 424 g/mol. The number of nitrogens with one attached hydrogen (secondary N) is 2. The third kappa shape index (κ3) is 4.19. The van der Waals surface area contributed by atoms with E-state index >= 15 is 0 Å². The van der Waals surface area contributed by atoms with Gasteiger partial charge in [-0.3, -0.25) is 9.59 Å².